The number of nitrogens with zero attached hydrogens (tertiary/aromatic N) is 4. The first-order valence-electron chi connectivity index (χ1n) is 15.2. The molecule has 224 valence electrons. The Balaban J connectivity index is 1.33. The highest BCUT2D eigenvalue weighted by molar-refractivity contribution is 5.85. The minimum Gasteiger partial charge on any atom is -0.480 e. The first-order chi connectivity index (χ1) is 21.0. The number of para-hydroxylation sites is 3. The van der Waals surface area contributed by atoms with Gasteiger partial charge in [0.05, 0.1) is 35.4 Å². The molecule has 3 heterocycles. The Kier molecular flexibility index (Phi) is 9.81. The first-order valence-corrected chi connectivity index (χ1v) is 15.2. The number of Topliss-reactive ketones (excluding diaryl/α,β-unsaturated/α-hetero) is 1. The monoisotopic (exact) mass is 581 g/mol. The summed E-state index contributed by atoms with van der Waals surface area (Å²) in [7, 11) is 1.58. The highest BCUT2D eigenvalue weighted by Gasteiger charge is 2.22. The number of unbranched alkanes of at least 4 members (excludes halogenated alkanes) is 2. The molecular weight excluding hydrogens is 542 g/mol. The number of oxazole rings is 1. The van der Waals surface area contributed by atoms with E-state index in [4.69, 9.17) is 14.1 Å². The summed E-state index contributed by atoms with van der Waals surface area (Å²) < 4.78 is 14.0. The predicted molar refractivity (Wildman–Crippen MR) is 167 cm³/mol. The molecule has 1 N–H and O–H groups in total. The summed E-state index contributed by atoms with van der Waals surface area (Å²) in [5.41, 5.74) is 3.49. The number of aromatic nitrogens is 4. The quantitative estimate of drug-likeness (QED) is 0.133. The van der Waals surface area contributed by atoms with Crippen molar-refractivity contribution in [1.29, 1.82) is 0 Å². The average molecular weight is 582 g/mol. The summed E-state index contributed by atoms with van der Waals surface area (Å²) in [5, 5.41) is 4.13. The number of benzene rings is 2. The molecule has 0 saturated heterocycles. The van der Waals surface area contributed by atoms with Gasteiger partial charge in [-0.2, -0.15) is 0 Å². The van der Waals surface area contributed by atoms with Crippen LogP contribution < -0.4 is 10.1 Å². The number of carbonyl (C=O) groups excluding carboxylic acids is 2. The van der Waals surface area contributed by atoms with Crippen molar-refractivity contribution in [2.24, 2.45) is 0 Å². The zero-order valence-corrected chi connectivity index (χ0v) is 25.1. The molecule has 9 nitrogen and oxygen atoms in total. The molecule has 43 heavy (non-hydrogen) atoms. The van der Waals surface area contributed by atoms with Crippen molar-refractivity contribution >= 4 is 33.6 Å². The van der Waals surface area contributed by atoms with E-state index in [1.165, 1.54) is 0 Å². The number of methoxy groups -OCH3 is 1. The molecule has 0 spiro atoms. The lowest BCUT2D eigenvalue weighted by Crippen LogP contribution is -2.29. The summed E-state index contributed by atoms with van der Waals surface area (Å²) in [4.78, 5) is 39.0. The summed E-state index contributed by atoms with van der Waals surface area (Å²) in [6.45, 7) is 4.49. The summed E-state index contributed by atoms with van der Waals surface area (Å²) in [6.07, 6.45) is 7.08. The van der Waals surface area contributed by atoms with Gasteiger partial charge in [0.15, 0.2) is 5.76 Å². The Bertz CT molecular complexity index is 1710. The molecule has 0 unspecified atom stereocenters. The molecule has 0 bridgehead atoms. The second-order valence-electron chi connectivity index (χ2n) is 10.7. The number of hydrogen-bond acceptors (Lipinski definition) is 7. The summed E-state index contributed by atoms with van der Waals surface area (Å²) >= 11 is 0. The van der Waals surface area contributed by atoms with E-state index in [-0.39, 0.29) is 11.7 Å². The number of amides is 1. The number of ketones is 1. The fourth-order valence-electron chi connectivity index (χ4n) is 5.41. The van der Waals surface area contributed by atoms with Crippen molar-refractivity contribution < 1.29 is 18.7 Å². The number of rotatable bonds is 15. The van der Waals surface area contributed by atoms with Gasteiger partial charge in [0.1, 0.15) is 17.6 Å². The first kappa shape index (κ1) is 29.9. The van der Waals surface area contributed by atoms with Crippen LogP contribution in [0, 0.1) is 0 Å². The van der Waals surface area contributed by atoms with Crippen LogP contribution in [0.4, 0.5) is 0 Å². The third-order valence-corrected chi connectivity index (χ3v) is 7.76. The van der Waals surface area contributed by atoms with Gasteiger partial charge in [0.25, 0.3) is 0 Å². The Labute approximate surface area is 251 Å². The molecule has 0 aliphatic heterocycles. The van der Waals surface area contributed by atoms with Crippen molar-refractivity contribution in [3.05, 3.63) is 72.5 Å². The van der Waals surface area contributed by atoms with Crippen LogP contribution in [-0.4, -0.2) is 38.3 Å². The van der Waals surface area contributed by atoms with Gasteiger partial charge >= 0.3 is 0 Å². The number of carbonyl (C=O) groups is 2. The minimum atomic E-state index is -0.410. The van der Waals surface area contributed by atoms with E-state index >= 15 is 0 Å². The molecule has 1 atom stereocenters. The number of hydrogen-bond donors (Lipinski definition) is 1. The van der Waals surface area contributed by atoms with E-state index in [0.29, 0.717) is 55.3 Å². The van der Waals surface area contributed by atoms with Gasteiger partial charge in [-0.25, -0.2) is 15.0 Å². The maximum absolute atomic E-state index is 13.3. The molecule has 0 saturated carbocycles. The van der Waals surface area contributed by atoms with Crippen LogP contribution in [0.25, 0.3) is 33.3 Å². The van der Waals surface area contributed by atoms with Gasteiger partial charge in [0, 0.05) is 37.6 Å². The molecule has 5 aromatic rings. The van der Waals surface area contributed by atoms with Crippen molar-refractivity contribution in [2.45, 2.75) is 77.8 Å². The molecule has 2 aromatic carbocycles. The zero-order valence-electron chi connectivity index (χ0n) is 25.1. The molecule has 0 radical (unpaired) electrons. The van der Waals surface area contributed by atoms with Gasteiger partial charge in [-0.05, 0) is 37.1 Å². The number of fused-ring (bicyclic) bond motifs is 2. The van der Waals surface area contributed by atoms with Crippen LogP contribution >= 0.6 is 0 Å². The van der Waals surface area contributed by atoms with Crippen molar-refractivity contribution in [2.75, 3.05) is 7.11 Å². The number of ether oxygens (including phenoxy) is 1. The second kappa shape index (κ2) is 14.1. The molecular formula is C34H39N5O4. The molecule has 1 amide bonds. The van der Waals surface area contributed by atoms with E-state index in [1.54, 1.807) is 13.3 Å². The molecule has 0 aliphatic rings. The highest BCUT2D eigenvalue weighted by Crippen LogP contribution is 2.33. The van der Waals surface area contributed by atoms with Gasteiger partial charge in [-0.3, -0.25) is 9.59 Å². The van der Waals surface area contributed by atoms with Crippen LogP contribution in [0.2, 0.25) is 0 Å². The highest BCUT2D eigenvalue weighted by atomic mass is 16.5. The third-order valence-electron chi connectivity index (χ3n) is 7.76. The van der Waals surface area contributed by atoms with E-state index in [2.05, 4.69) is 26.8 Å². The molecule has 0 fully saturated rings. The molecule has 5 rings (SSSR count). The Morgan fingerprint density at radius 1 is 0.977 bits per heavy atom. The SMILES string of the molecule is CCC(=O)CCCCC[C@H](NC(=O)CCn1c(CC)nc2ccccc21)c1ncc(-c2cc3ccccc3nc2OC)o1. The summed E-state index contributed by atoms with van der Waals surface area (Å²) in [6, 6.07) is 17.4. The van der Waals surface area contributed by atoms with Gasteiger partial charge in [-0.1, -0.05) is 57.0 Å². The van der Waals surface area contributed by atoms with Crippen molar-refractivity contribution in [3.63, 3.8) is 0 Å². The fraction of sp³-hybridized carbons (Fsp3) is 0.382. The summed E-state index contributed by atoms with van der Waals surface area (Å²) in [5.74, 6) is 2.56. The van der Waals surface area contributed by atoms with Crippen LogP contribution in [0.5, 0.6) is 5.88 Å². The third kappa shape index (κ3) is 7.10. The van der Waals surface area contributed by atoms with Gasteiger partial charge in [-0.15, -0.1) is 0 Å². The van der Waals surface area contributed by atoms with Crippen LogP contribution in [0.3, 0.4) is 0 Å². The second-order valence-corrected chi connectivity index (χ2v) is 10.7. The van der Waals surface area contributed by atoms with Crippen LogP contribution in [-0.2, 0) is 22.6 Å². The molecule has 0 aliphatic carbocycles. The van der Waals surface area contributed by atoms with Gasteiger partial charge in [0.2, 0.25) is 17.7 Å². The van der Waals surface area contributed by atoms with Crippen LogP contribution in [0.1, 0.15) is 76.6 Å². The van der Waals surface area contributed by atoms with E-state index in [9.17, 15) is 9.59 Å². The largest absolute Gasteiger partial charge is 0.480 e. The topological polar surface area (TPSA) is 112 Å². The maximum Gasteiger partial charge on any atom is 0.224 e. The Morgan fingerprint density at radius 2 is 1.77 bits per heavy atom. The normalized spacial score (nSPS) is 12.1. The van der Waals surface area contributed by atoms with Gasteiger partial charge < -0.3 is 19.0 Å². The fourth-order valence-corrected chi connectivity index (χ4v) is 5.41. The number of pyridine rings is 1. The van der Waals surface area contributed by atoms with E-state index in [0.717, 1.165) is 53.4 Å². The lowest BCUT2D eigenvalue weighted by atomic mass is 10.0. The van der Waals surface area contributed by atoms with Crippen molar-refractivity contribution in [1.82, 2.24) is 24.8 Å². The van der Waals surface area contributed by atoms with E-state index < -0.39 is 6.04 Å². The number of imidazole rings is 1. The smallest absolute Gasteiger partial charge is 0.224 e. The zero-order chi connectivity index (χ0) is 30.2. The average Bonchev–Trinajstić information content (AvgIpc) is 3.67. The Morgan fingerprint density at radius 3 is 2.56 bits per heavy atom. The molecule has 9 heteroatoms. The maximum atomic E-state index is 13.3. The number of nitrogens with one attached hydrogen (secondary N) is 1. The van der Waals surface area contributed by atoms with Crippen LogP contribution in [0.15, 0.2) is 65.2 Å². The van der Waals surface area contributed by atoms with Crippen molar-refractivity contribution in [3.8, 4) is 17.2 Å². The lowest BCUT2D eigenvalue weighted by molar-refractivity contribution is -0.122. The Hall–Kier alpha value is -4.53. The predicted octanol–water partition coefficient (Wildman–Crippen LogP) is 6.99. The number of aryl methyl sites for hydroxylation is 2. The minimum absolute atomic E-state index is 0.0873. The molecule has 3 aromatic heterocycles. The standard InChI is InChI=1S/C34H39N5O4/c1-4-24(40)14-7-6-8-17-28(37-32(41)19-20-39-29-18-12-11-16-27(29)36-31(39)5-2)34-35-22-30(43-34)25-21-23-13-9-10-15-26(23)38-33(25)42-3/h9-13,15-16,18,21-22,28H,4-8,14,17,19-20H2,1-3H3,(H,37,41)/t28-/m0/s1. The lowest BCUT2D eigenvalue weighted by Gasteiger charge is -2.16. The van der Waals surface area contributed by atoms with E-state index in [1.807, 2.05) is 61.5 Å².